The second-order valence-electron chi connectivity index (χ2n) is 5.23. The molecule has 0 radical (unpaired) electrons. The second-order valence-corrected chi connectivity index (χ2v) is 7.92. The maximum atomic E-state index is 12.7. The molecule has 1 aliphatic heterocycles. The summed E-state index contributed by atoms with van der Waals surface area (Å²) in [5, 5.41) is 0.192. The fraction of sp³-hybridized carbons (Fsp3) is 0.267. The van der Waals surface area contributed by atoms with Crippen LogP contribution in [0, 0.1) is 0 Å². The molecule has 1 aromatic carbocycles. The summed E-state index contributed by atoms with van der Waals surface area (Å²) >= 11 is 11.9. The number of amides is 1. The van der Waals surface area contributed by atoms with Crippen LogP contribution in [0.25, 0.3) is 0 Å². The molecule has 2 aromatic rings. The zero-order valence-electron chi connectivity index (χ0n) is 12.5. The van der Waals surface area contributed by atoms with Gasteiger partial charge in [-0.15, -0.1) is 0 Å². The maximum absolute atomic E-state index is 12.7. The SMILES string of the molecule is O=C(c1ccco1)N1CCN(S(=O)(=O)c2cccc(Cl)c2Cl)CC1. The first-order valence-electron chi connectivity index (χ1n) is 7.18. The number of halogens is 2. The van der Waals surface area contributed by atoms with Crippen molar-refractivity contribution in [1.82, 2.24) is 9.21 Å². The molecule has 1 amide bonds. The van der Waals surface area contributed by atoms with Gasteiger partial charge in [0, 0.05) is 26.2 Å². The zero-order valence-corrected chi connectivity index (χ0v) is 14.8. The first-order valence-corrected chi connectivity index (χ1v) is 9.38. The summed E-state index contributed by atoms with van der Waals surface area (Å²) in [6.45, 7) is 0.906. The molecule has 1 saturated heterocycles. The highest BCUT2D eigenvalue weighted by Crippen LogP contribution is 2.31. The predicted molar refractivity (Wildman–Crippen MR) is 89.8 cm³/mol. The van der Waals surface area contributed by atoms with Gasteiger partial charge in [-0.2, -0.15) is 4.31 Å². The third-order valence-corrected chi connectivity index (χ3v) is 6.66. The summed E-state index contributed by atoms with van der Waals surface area (Å²) in [6, 6.07) is 7.71. The number of nitrogens with zero attached hydrogens (tertiary/aromatic N) is 2. The molecule has 2 heterocycles. The summed E-state index contributed by atoms with van der Waals surface area (Å²) in [5.41, 5.74) is 0. The Balaban J connectivity index is 1.74. The van der Waals surface area contributed by atoms with E-state index in [1.807, 2.05) is 0 Å². The van der Waals surface area contributed by atoms with Gasteiger partial charge in [-0.25, -0.2) is 8.42 Å². The van der Waals surface area contributed by atoms with Gasteiger partial charge in [-0.1, -0.05) is 29.3 Å². The van der Waals surface area contributed by atoms with E-state index in [9.17, 15) is 13.2 Å². The fourth-order valence-corrected chi connectivity index (χ4v) is 4.67. The average molecular weight is 389 g/mol. The monoisotopic (exact) mass is 388 g/mol. The quantitative estimate of drug-likeness (QED) is 0.810. The lowest BCUT2D eigenvalue weighted by Crippen LogP contribution is -2.50. The van der Waals surface area contributed by atoms with Crippen LogP contribution in [0.3, 0.4) is 0 Å². The minimum Gasteiger partial charge on any atom is -0.459 e. The Kier molecular flexibility index (Phi) is 4.87. The lowest BCUT2D eigenvalue weighted by atomic mass is 10.3. The molecule has 9 heteroatoms. The van der Waals surface area contributed by atoms with Gasteiger partial charge in [0.25, 0.3) is 5.91 Å². The van der Waals surface area contributed by atoms with Crippen molar-refractivity contribution >= 4 is 39.1 Å². The molecule has 0 aliphatic carbocycles. The Bertz CT molecular complexity index is 844. The lowest BCUT2D eigenvalue weighted by molar-refractivity contribution is 0.0666. The molecule has 1 aromatic heterocycles. The Morgan fingerprint density at radius 2 is 1.75 bits per heavy atom. The first-order chi connectivity index (χ1) is 11.4. The average Bonchev–Trinajstić information content (AvgIpc) is 3.11. The summed E-state index contributed by atoms with van der Waals surface area (Å²) in [7, 11) is -3.76. The van der Waals surface area contributed by atoms with Gasteiger partial charge in [-0.05, 0) is 24.3 Å². The number of furan rings is 1. The highest BCUT2D eigenvalue weighted by molar-refractivity contribution is 7.89. The number of carbonyl (C=O) groups is 1. The Labute approximate surface area is 149 Å². The van der Waals surface area contributed by atoms with Crippen molar-refractivity contribution in [3.05, 3.63) is 52.4 Å². The molecule has 128 valence electrons. The number of carbonyl (C=O) groups excluding carboxylic acids is 1. The fourth-order valence-electron chi connectivity index (χ4n) is 2.51. The normalized spacial score (nSPS) is 16.3. The van der Waals surface area contributed by atoms with E-state index in [2.05, 4.69) is 0 Å². The van der Waals surface area contributed by atoms with E-state index in [4.69, 9.17) is 27.6 Å². The standard InChI is InChI=1S/C15H14Cl2N2O4S/c16-11-3-1-5-13(14(11)17)24(21,22)19-8-6-18(7-9-19)15(20)12-4-2-10-23-12/h1-5,10H,6-9H2. The molecule has 0 bridgehead atoms. The van der Waals surface area contributed by atoms with Gasteiger partial charge in [0.05, 0.1) is 16.3 Å². The number of piperazine rings is 1. The van der Waals surface area contributed by atoms with Gasteiger partial charge in [0.15, 0.2) is 5.76 Å². The molecule has 3 rings (SSSR count). The molecule has 0 N–H and O–H groups in total. The molecule has 24 heavy (non-hydrogen) atoms. The Morgan fingerprint density at radius 3 is 2.38 bits per heavy atom. The Morgan fingerprint density at radius 1 is 1.04 bits per heavy atom. The number of hydrogen-bond acceptors (Lipinski definition) is 4. The van der Waals surface area contributed by atoms with Crippen molar-refractivity contribution in [2.45, 2.75) is 4.90 Å². The van der Waals surface area contributed by atoms with Crippen LogP contribution in [0.2, 0.25) is 10.0 Å². The van der Waals surface area contributed by atoms with Crippen LogP contribution in [0.1, 0.15) is 10.6 Å². The van der Waals surface area contributed by atoms with E-state index < -0.39 is 10.0 Å². The van der Waals surface area contributed by atoms with Crippen molar-refractivity contribution in [2.24, 2.45) is 0 Å². The molecular weight excluding hydrogens is 375 g/mol. The summed E-state index contributed by atoms with van der Waals surface area (Å²) in [5.74, 6) is -0.0120. The highest BCUT2D eigenvalue weighted by Gasteiger charge is 2.32. The van der Waals surface area contributed by atoms with Gasteiger partial charge in [0.2, 0.25) is 10.0 Å². The van der Waals surface area contributed by atoms with Gasteiger partial charge in [-0.3, -0.25) is 4.79 Å². The first kappa shape index (κ1) is 17.3. The molecule has 6 nitrogen and oxygen atoms in total. The van der Waals surface area contributed by atoms with Gasteiger partial charge in [0.1, 0.15) is 4.90 Å². The van der Waals surface area contributed by atoms with Crippen molar-refractivity contribution in [2.75, 3.05) is 26.2 Å². The van der Waals surface area contributed by atoms with Crippen LogP contribution in [0.4, 0.5) is 0 Å². The largest absolute Gasteiger partial charge is 0.459 e. The van der Waals surface area contributed by atoms with Crippen molar-refractivity contribution in [1.29, 1.82) is 0 Å². The highest BCUT2D eigenvalue weighted by atomic mass is 35.5. The smallest absolute Gasteiger partial charge is 0.289 e. The van der Waals surface area contributed by atoms with E-state index >= 15 is 0 Å². The third-order valence-electron chi connectivity index (χ3n) is 3.79. The number of hydrogen-bond donors (Lipinski definition) is 0. The van der Waals surface area contributed by atoms with E-state index in [-0.39, 0.29) is 52.8 Å². The molecule has 0 saturated carbocycles. The lowest BCUT2D eigenvalue weighted by Gasteiger charge is -2.33. The summed E-state index contributed by atoms with van der Waals surface area (Å²) in [4.78, 5) is 13.7. The Hall–Kier alpha value is -1.54. The van der Waals surface area contributed by atoms with Crippen molar-refractivity contribution < 1.29 is 17.6 Å². The maximum Gasteiger partial charge on any atom is 0.289 e. The topological polar surface area (TPSA) is 70.8 Å². The van der Waals surface area contributed by atoms with Crippen LogP contribution in [-0.4, -0.2) is 49.7 Å². The van der Waals surface area contributed by atoms with Gasteiger partial charge >= 0.3 is 0 Å². The second kappa shape index (κ2) is 6.76. The van der Waals surface area contributed by atoms with Crippen LogP contribution >= 0.6 is 23.2 Å². The molecule has 1 aliphatic rings. The molecule has 0 atom stereocenters. The minimum atomic E-state index is -3.76. The summed E-state index contributed by atoms with van der Waals surface area (Å²) < 4.78 is 31.8. The number of rotatable bonds is 3. The van der Waals surface area contributed by atoms with Crippen LogP contribution in [-0.2, 0) is 10.0 Å². The summed E-state index contributed by atoms with van der Waals surface area (Å²) in [6.07, 6.45) is 1.43. The zero-order chi connectivity index (χ0) is 17.3. The third kappa shape index (κ3) is 3.17. The molecule has 0 unspecified atom stereocenters. The molecule has 1 fully saturated rings. The molecular formula is C15H14Cl2N2O4S. The van der Waals surface area contributed by atoms with E-state index in [0.29, 0.717) is 0 Å². The van der Waals surface area contributed by atoms with E-state index in [1.165, 1.54) is 28.8 Å². The van der Waals surface area contributed by atoms with Crippen molar-refractivity contribution in [3.8, 4) is 0 Å². The van der Waals surface area contributed by atoms with E-state index in [0.717, 1.165) is 0 Å². The van der Waals surface area contributed by atoms with Crippen LogP contribution in [0.15, 0.2) is 45.9 Å². The minimum absolute atomic E-state index is 0.00765. The van der Waals surface area contributed by atoms with Crippen LogP contribution in [0.5, 0.6) is 0 Å². The van der Waals surface area contributed by atoms with Gasteiger partial charge < -0.3 is 9.32 Å². The number of sulfonamides is 1. The predicted octanol–water partition coefficient (Wildman–Crippen LogP) is 2.73. The van der Waals surface area contributed by atoms with E-state index in [1.54, 1.807) is 17.0 Å². The van der Waals surface area contributed by atoms with Crippen molar-refractivity contribution in [3.63, 3.8) is 0 Å². The molecule has 0 spiro atoms. The number of benzene rings is 1. The van der Waals surface area contributed by atoms with Crippen LogP contribution < -0.4 is 0 Å².